The number of hydrogen-bond acceptors (Lipinski definition) is 3. The number of benzene rings is 1. The molecular formula is C13H18FN3O2S. The molecule has 0 bridgehead atoms. The molecule has 1 saturated heterocycles. The number of aliphatic imine (C=N–C) groups is 1. The highest BCUT2D eigenvalue weighted by Gasteiger charge is 2.28. The Morgan fingerprint density at radius 3 is 2.80 bits per heavy atom. The van der Waals surface area contributed by atoms with Crippen molar-refractivity contribution in [3.05, 3.63) is 35.6 Å². The van der Waals surface area contributed by atoms with Gasteiger partial charge in [0.2, 0.25) is 0 Å². The Balaban J connectivity index is 1.89. The zero-order valence-corrected chi connectivity index (χ0v) is 12.1. The van der Waals surface area contributed by atoms with E-state index < -0.39 is 9.84 Å². The lowest BCUT2D eigenvalue weighted by Crippen LogP contribution is -2.43. The first-order valence-corrected chi connectivity index (χ1v) is 8.23. The maximum Gasteiger partial charge on any atom is 0.191 e. The molecule has 1 atom stereocenters. The van der Waals surface area contributed by atoms with Gasteiger partial charge in [-0.3, -0.25) is 4.99 Å². The molecule has 110 valence electrons. The molecule has 1 fully saturated rings. The van der Waals surface area contributed by atoms with E-state index in [1.807, 2.05) is 0 Å². The molecule has 1 aliphatic rings. The van der Waals surface area contributed by atoms with Gasteiger partial charge in [-0.25, -0.2) is 12.8 Å². The molecule has 20 heavy (non-hydrogen) atoms. The number of hydrogen-bond donors (Lipinski definition) is 2. The van der Waals surface area contributed by atoms with Crippen LogP contribution in [0.15, 0.2) is 29.3 Å². The number of nitrogens with one attached hydrogen (secondary N) is 2. The lowest BCUT2D eigenvalue weighted by atomic mass is 10.2. The zero-order chi connectivity index (χ0) is 14.6. The van der Waals surface area contributed by atoms with Crippen LogP contribution in [0.4, 0.5) is 4.39 Å². The van der Waals surface area contributed by atoms with Crippen LogP contribution in [-0.2, 0) is 16.4 Å². The summed E-state index contributed by atoms with van der Waals surface area (Å²) in [4.78, 5) is 4.02. The minimum absolute atomic E-state index is 0.118. The van der Waals surface area contributed by atoms with Crippen LogP contribution in [0.5, 0.6) is 0 Å². The zero-order valence-electron chi connectivity index (χ0n) is 11.3. The number of nitrogens with zero attached hydrogens (tertiary/aromatic N) is 1. The Bertz CT molecular complexity index is 601. The van der Waals surface area contributed by atoms with Gasteiger partial charge in [0, 0.05) is 25.2 Å². The summed E-state index contributed by atoms with van der Waals surface area (Å²) in [5.74, 6) is 0.525. The van der Waals surface area contributed by atoms with Crippen LogP contribution in [0.1, 0.15) is 12.0 Å². The van der Waals surface area contributed by atoms with Gasteiger partial charge in [0.05, 0.1) is 11.5 Å². The van der Waals surface area contributed by atoms with E-state index >= 15 is 0 Å². The smallest absolute Gasteiger partial charge is 0.191 e. The Kier molecular flexibility index (Phi) is 4.59. The highest BCUT2D eigenvalue weighted by molar-refractivity contribution is 7.91. The third-order valence-corrected chi connectivity index (χ3v) is 4.97. The summed E-state index contributed by atoms with van der Waals surface area (Å²) in [7, 11) is -1.33. The van der Waals surface area contributed by atoms with E-state index in [2.05, 4.69) is 15.6 Å². The molecule has 1 unspecified atom stereocenters. The normalized spacial score (nSPS) is 21.7. The van der Waals surface area contributed by atoms with Crippen molar-refractivity contribution in [1.82, 2.24) is 10.6 Å². The highest BCUT2D eigenvalue weighted by atomic mass is 32.2. The summed E-state index contributed by atoms with van der Waals surface area (Å²) < 4.78 is 36.2. The molecular weight excluding hydrogens is 281 g/mol. The van der Waals surface area contributed by atoms with E-state index in [4.69, 9.17) is 0 Å². The Labute approximate surface area is 118 Å². The van der Waals surface area contributed by atoms with Crippen molar-refractivity contribution in [2.24, 2.45) is 4.99 Å². The van der Waals surface area contributed by atoms with Gasteiger partial charge < -0.3 is 10.6 Å². The molecule has 0 radical (unpaired) electrons. The van der Waals surface area contributed by atoms with Gasteiger partial charge >= 0.3 is 0 Å². The van der Waals surface area contributed by atoms with Crippen LogP contribution < -0.4 is 10.6 Å². The lowest BCUT2D eigenvalue weighted by molar-refractivity contribution is 0.598. The Morgan fingerprint density at radius 1 is 1.45 bits per heavy atom. The second-order valence-electron chi connectivity index (χ2n) is 4.76. The Hall–Kier alpha value is -1.63. The predicted molar refractivity (Wildman–Crippen MR) is 76.8 cm³/mol. The average Bonchev–Trinajstić information content (AvgIpc) is 2.75. The quantitative estimate of drug-likeness (QED) is 0.636. The van der Waals surface area contributed by atoms with E-state index in [0.717, 1.165) is 0 Å². The van der Waals surface area contributed by atoms with Gasteiger partial charge in [-0.05, 0) is 12.5 Å². The van der Waals surface area contributed by atoms with Gasteiger partial charge in [-0.1, -0.05) is 18.2 Å². The van der Waals surface area contributed by atoms with Crippen LogP contribution in [0.2, 0.25) is 0 Å². The summed E-state index contributed by atoms with van der Waals surface area (Å²) in [6, 6.07) is 6.36. The van der Waals surface area contributed by atoms with Gasteiger partial charge in [-0.2, -0.15) is 0 Å². The van der Waals surface area contributed by atoms with Crippen LogP contribution in [0, 0.1) is 5.82 Å². The van der Waals surface area contributed by atoms with Crippen molar-refractivity contribution < 1.29 is 12.8 Å². The average molecular weight is 299 g/mol. The minimum atomic E-state index is -2.93. The van der Waals surface area contributed by atoms with Crippen LogP contribution in [0.25, 0.3) is 0 Å². The molecule has 1 heterocycles. The molecule has 2 N–H and O–H groups in total. The van der Waals surface area contributed by atoms with E-state index in [1.165, 1.54) is 6.07 Å². The first-order valence-electron chi connectivity index (χ1n) is 6.41. The van der Waals surface area contributed by atoms with Crippen LogP contribution in [-0.4, -0.2) is 39.0 Å². The molecule has 1 aromatic rings. The first kappa shape index (κ1) is 14.8. The summed E-state index contributed by atoms with van der Waals surface area (Å²) in [6.45, 7) is 0.297. The van der Waals surface area contributed by atoms with E-state index in [9.17, 15) is 12.8 Å². The summed E-state index contributed by atoms with van der Waals surface area (Å²) in [5, 5.41) is 6.03. The maximum absolute atomic E-state index is 13.5. The second-order valence-corrected chi connectivity index (χ2v) is 6.99. The third-order valence-electron chi connectivity index (χ3n) is 3.20. The second kappa shape index (κ2) is 6.21. The number of halogens is 1. The number of rotatable bonds is 3. The fourth-order valence-corrected chi connectivity index (χ4v) is 3.79. The number of sulfone groups is 1. The molecule has 1 aliphatic heterocycles. The molecule has 0 amide bonds. The molecule has 0 spiro atoms. The topological polar surface area (TPSA) is 70.6 Å². The van der Waals surface area contributed by atoms with Crippen LogP contribution >= 0.6 is 0 Å². The van der Waals surface area contributed by atoms with Crippen molar-refractivity contribution in [1.29, 1.82) is 0 Å². The van der Waals surface area contributed by atoms with E-state index in [1.54, 1.807) is 25.2 Å². The van der Waals surface area contributed by atoms with Gasteiger partial charge in [0.15, 0.2) is 15.8 Å². The largest absolute Gasteiger partial charge is 0.353 e. The molecule has 0 aromatic heterocycles. The minimum Gasteiger partial charge on any atom is -0.353 e. The summed E-state index contributed by atoms with van der Waals surface area (Å²) in [6.07, 6.45) is 0.572. The van der Waals surface area contributed by atoms with Crippen molar-refractivity contribution >= 4 is 15.8 Å². The van der Waals surface area contributed by atoms with Crippen molar-refractivity contribution in [3.63, 3.8) is 0 Å². The van der Waals surface area contributed by atoms with Gasteiger partial charge in [0.25, 0.3) is 0 Å². The molecule has 1 aromatic carbocycles. The monoisotopic (exact) mass is 299 g/mol. The lowest BCUT2D eigenvalue weighted by Gasteiger charge is -2.16. The highest BCUT2D eigenvalue weighted by Crippen LogP contribution is 2.11. The van der Waals surface area contributed by atoms with Gasteiger partial charge in [-0.15, -0.1) is 0 Å². The van der Waals surface area contributed by atoms with Crippen molar-refractivity contribution in [3.8, 4) is 0 Å². The molecule has 0 aliphatic carbocycles. The summed E-state index contributed by atoms with van der Waals surface area (Å²) in [5.41, 5.74) is 0.537. The summed E-state index contributed by atoms with van der Waals surface area (Å²) >= 11 is 0. The predicted octanol–water partition coefficient (Wildman–Crippen LogP) is 0.678. The molecule has 7 heteroatoms. The number of guanidine groups is 1. The van der Waals surface area contributed by atoms with E-state index in [0.29, 0.717) is 24.5 Å². The molecule has 0 saturated carbocycles. The first-order chi connectivity index (χ1) is 9.50. The SMILES string of the molecule is CN=C(NCc1ccccc1F)NC1CCS(=O)(=O)C1. The van der Waals surface area contributed by atoms with Gasteiger partial charge in [0.1, 0.15) is 5.82 Å². The van der Waals surface area contributed by atoms with Crippen molar-refractivity contribution in [2.45, 2.75) is 19.0 Å². The molecule has 2 rings (SSSR count). The standard InChI is InChI=1S/C13H18FN3O2S/c1-15-13(17-11-6-7-20(18,19)9-11)16-8-10-4-2-3-5-12(10)14/h2-5,11H,6-9H2,1H3,(H2,15,16,17). The molecule has 5 nitrogen and oxygen atoms in total. The third kappa shape index (κ3) is 3.93. The fraction of sp³-hybridized carbons (Fsp3) is 0.462. The van der Waals surface area contributed by atoms with Crippen LogP contribution in [0.3, 0.4) is 0 Å². The fourth-order valence-electron chi connectivity index (χ4n) is 2.12. The Morgan fingerprint density at radius 2 is 2.20 bits per heavy atom. The maximum atomic E-state index is 13.5. The van der Waals surface area contributed by atoms with E-state index in [-0.39, 0.29) is 23.4 Å². The van der Waals surface area contributed by atoms with Crippen molar-refractivity contribution in [2.75, 3.05) is 18.6 Å².